The van der Waals surface area contributed by atoms with Crippen molar-refractivity contribution in [3.05, 3.63) is 59.7 Å². The van der Waals surface area contributed by atoms with Crippen LogP contribution in [0.4, 0.5) is 8.78 Å². The standard InChI is InChI=1S/C27H38F2O3/c1-6-7-8-9-10-11-12-26(27(30-4,31-5)32-20(2)3)22-15-13-21(14-16-22)23-17-24(28)19-25(29)18-23/h13-20,26H,6-12H2,1-5H3. The van der Waals surface area contributed by atoms with Gasteiger partial charge in [0.2, 0.25) is 0 Å². The number of benzene rings is 2. The topological polar surface area (TPSA) is 27.7 Å². The largest absolute Gasteiger partial charge is 0.330 e. The summed E-state index contributed by atoms with van der Waals surface area (Å²) >= 11 is 0. The van der Waals surface area contributed by atoms with Crippen LogP contribution in [0, 0.1) is 11.6 Å². The number of unbranched alkanes of at least 4 members (excludes halogenated alkanes) is 5. The van der Waals surface area contributed by atoms with Crippen molar-refractivity contribution in [2.75, 3.05) is 14.2 Å². The Balaban J connectivity index is 2.28. The van der Waals surface area contributed by atoms with Gasteiger partial charge in [0.15, 0.2) is 0 Å². The van der Waals surface area contributed by atoms with Gasteiger partial charge in [0.25, 0.3) is 5.97 Å². The number of ether oxygens (including phenoxy) is 3. The molecule has 0 radical (unpaired) electrons. The lowest BCUT2D eigenvalue weighted by atomic mass is 9.89. The summed E-state index contributed by atoms with van der Waals surface area (Å²) in [6.45, 7) is 6.12. The molecule has 2 rings (SSSR count). The van der Waals surface area contributed by atoms with Crippen LogP contribution in [0.2, 0.25) is 0 Å². The lowest BCUT2D eigenvalue weighted by Gasteiger charge is -2.39. The molecule has 0 N–H and O–H groups in total. The van der Waals surface area contributed by atoms with Crippen LogP contribution in [0.3, 0.4) is 0 Å². The van der Waals surface area contributed by atoms with Crippen molar-refractivity contribution in [1.82, 2.24) is 0 Å². The van der Waals surface area contributed by atoms with Gasteiger partial charge < -0.3 is 14.2 Å². The maximum Gasteiger partial charge on any atom is 0.289 e. The fraction of sp³-hybridized carbons (Fsp3) is 0.556. The summed E-state index contributed by atoms with van der Waals surface area (Å²) in [7, 11) is 3.20. The fourth-order valence-electron chi connectivity index (χ4n) is 4.18. The minimum Gasteiger partial charge on any atom is -0.330 e. The third-order valence-corrected chi connectivity index (χ3v) is 5.75. The van der Waals surface area contributed by atoms with E-state index in [1.54, 1.807) is 14.2 Å². The average molecular weight is 449 g/mol. The highest BCUT2D eigenvalue weighted by Crippen LogP contribution is 2.39. The van der Waals surface area contributed by atoms with Crippen LogP contribution in [-0.2, 0) is 14.2 Å². The van der Waals surface area contributed by atoms with Gasteiger partial charge in [-0.1, -0.05) is 69.7 Å². The second-order valence-electron chi connectivity index (χ2n) is 8.57. The molecule has 2 aromatic rings. The van der Waals surface area contributed by atoms with Crippen LogP contribution in [0.1, 0.15) is 77.2 Å². The maximum atomic E-state index is 13.7. The number of hydrogen-bond acceptors (Lipinski definition) is 3. The Morgan fingerprint density at radius 2 is 1.34 bits per heavy atom. The van der Waals surface area contributed by atoms with E-state index >= 15 is 0 Å². The van der Waals surface area contributed by atoms with E-state index < -0.39 is 17.6 Å². The third kappa shape index (κ3) is 7.36. The van der Waals surface area contributed by atoms with Crippen LogP contribution in [0.5, 0.6) is 0 Å². The molecule has 0 aliphatic rings. The van der Waals surface area contributed by atoms with Gasteiger partial charge in [-0.05, 0) is 49.1 Å². The van der Waals surface area contributed by atoms with Gasteiger partial charge >= 0.3 is 0 Å². The third-order valence-electron chi connectivity index (χ3n) is 5.75. The molecule has 0 saturated carbocycles. The molecule has 3 nitrogen and oxygen atoms in total. The first-order valence-electron chi connectivity index (χ1n) is 11.7. The predicted octanol–water partition coefficient (Wildman–Crippen LogP) is 7.84. The molecule has 1 atom stereocenters. The van der Waals surface area contributed by atoms with Crippen molar-refractivity contribution in [2.24, 2.45) is 0 Å². The summed E-state index contributed by atoms with van der Waals surface area (Å²) < 4.78 is 45.1. The zero-order chi connectivity index (χ0) is 23.6. The monoisotopic (exact) mass is 448 g/mol. The average Bonchev–Trinajstić information content (AvgIpc) is 2.77. The summed E-state index contributed by atoms with van der Waals surface area (Å²) in [4.78, 5) is 0. The van der Waals surface area contributed by atoms with Gasteiger partial charge in [-0.15, -0.1) is 0 Å². The second kappa shape index (κ2) is 13.0. The van der Waals surface area contributed by atoms with Gasteiger partial charge in [0.1, 0.15) is 11.6 Å². The zero-order valence-electron chi connectivity index (χ0n) is 20.1. The first-order chi connectivity index (χ1) is 15.3. The Morgan fingerprint density at radius 1 is 0.781 bits per heavy atom. The molecule has 0 amide bonds. The van der Waals surface area contributed by atoms with E-state index in [1.807, 2.05) is 38.1 Å². The van der Waals surface area contributed by atoms with Gasteiger partial charge in [-0.3, -0.25) is 0 Å². The van der Waals surface area contributed by atoms with Crippen molar-refractivity contribution < 1.29 is 23.0 Å². The van der Waals surface area contributed by atoms with E-state index in [2.05, 4.69) is 6.92 Å². The molecule has 0 saturated heterocycles. The van der Waals surface area contributed by atoms with Gasteiger partial charge in [0.05, 0.1) is 12.0 Å². The highest BCUT2D eigenvalue weighted by atomic mass is 19.1. The maximum absolute atomic E-state index is 13.7. The van der Waals surface area contributed by atoms with Crippen LogP contribution in [-0.4, -0.2) is 26.3 Å². The van der Waals surface area contributed by atoms with Crippen molar-refractivity contribution in [3.8, 4) is 11.1 Å². The molecule has 0 spiro atoms. The molecule has 0 aliphatic carbocycles. The number of hydrogen-bond donors (Lipinski definition) is 0. The predicted molar refractivity (Wildman–Crippen MR) is 125 cm³/mol. The summed E-state index contributed by atoms with van der Waals surface area (Å²) in [5.74, 6) is -2.53. The normalized spacial score (nSPS) is 13.0. The number of methoxy groups -OCH3 is 2. The zero-order valence-corrected chi connectivity index (χ0v) is 20.1. The van der Waals surface area contributed by atoms with Crippen molar-refractivity contribution in [2.45, 2.75) is 83.7 Å². The minimum absolute atomic E-state index is 0.0866. The van der Waals surface area contributed by atoms with Crippen LogP contribution in [0.25, 0.3) is 11.1 Å². The highest BCUT2D eigenvalue weighted by Gasteiger charge is 2.42. The molecular weight excluding hydrogens is 410 g/mol. The Morgan fingerprint density at radius 3 is 1.88 bits per heavy atom. The molecule has 5 heteroatoms. The minimum atomic E-state index is -1.20. The second-order valence-corrected chi connectivity index (χ2v) is 8.57. The van der Waals surface area contributed by atoms with Crippen molar-refractivity contribution in [3.63, 3.8) is 0 Å². The van der Waals surface area contributed by atoms with Crippen LogP contribution < -0.4 is 0 Å². The van der Waals surface area contributed by atoms with E-state index in [4.69, 9.17) is 14.2 Å². The summed E-state index contributed by atoms with van der Waals surface area (Å²) in [5, 5.41) is 0. The smallest absolute Gasteiger partial charge is 0.289 e. The molecular formula is C27H38F2O3. The van der Waals surface area contributed by atoms with Crippen LogP contribution in [0.15, 0.2) is 42.5 Å². The number of halogens is 2. The molecule has 0 aliphatic heterocycles. The molecule has 178 valence electrons. The molecule has 0 bridgehead atoms. The van der Waals surface area contributed by atoms with Crippen molar-refractivity contribution >= 4 is 0 Å². The molecule has 0 heterocycles. The highest BCUT2D eigenvalue weighted by molar-refractivity contribution is 5.64. The first-order valence-corrected chi connectivity index (χ1v) is 11.7. The van der Waals surface area contributed by atoms with E-state index in [0.717, 1.165) is 36.5 Å². The first kappa shape index (κ1) is 26.4. The summed E-state index contributed by atoms with van der Waals surface area (Å²) in [5.41, 5.74) is 2.25. The number of rotatable bonds is 14. The lowest BCUT2D eigenvalue weighted by molar-refractivity contribution is -0.385. The lowest BCUT2D eigenvalue weighted by Crippen LogP contribution is -2.45. The molecule has 0 aromatic heterocycles. The summed E-state index contributed by atoms with van der Waals surface area (Å²) in [6, 6.07) is 11.2. The van der Waals surface area contributed by atoms with Crippen molar-refractivity contribution in [1.29, 1.82) is 0 Å². The molecule has 1 unspecified atom stereocenters. The van der Waals surface area contributed by atoms with Gasteiger partial charge in [0, 0.05) is 20.3 Å². The van der Waals surface area contributed by atoms with Crippen LogP contribution >= 0.6 is 0 Å². The fourth-order valence-corrected chi connectivity index (χ4v) is 4.18. The van der Waals surface area contributed by atoms with E-state index in [9.17, 15) is 8.78 Å². The molecule has 32 heavy (non-hydrogen) atoms. The Kier molecular flexibility index (Phi) is 10.8. The van der Waals surface area contributed by atoms with Gasteiger partial charge in [-0.25, -0.2) is 8.78 Å². The molecule has 2 aromatic carbocycles. The quantitative estimate of drug-likeness (QED) is 0.218. The van der Waals surface area contributed by atoms with E-state index in [1.165, 1.54) is 37.8 Å². The van der Waals surface area contributed by atoms with E-state index in [-0.39, 0.29) is 12.0 Å². The Hall–Kier alpha value is -1.82. The van der Waals surface area contributed by atoms with E-state index in [0.29, 0.717) is 5.56 Å². The van der Waals surface area contributed by atoms with Gasteiger partial charge in [-0.2, -0.15) is 0 Å². The SMILES string of the molecule is CCCCCCCCC(c1ccc(-c2cc(F)cc(F)c2)cc1)C(OC)(OC)OC(C)C. The molecule has 0 fully saturated rings. The summed E-state index contributed by atoms with van der Waals surface area (Å²) in [6.07, 6.45) is 7.88. The Bertz CT molecular complexity index is 781. The Labute approximate surface area is 192 Å².